The van der Waals surface area contributed by atoms with E-state index >= 15 is 0 Å². The molecule has 0 spiro atoms. The molecule has 2 rings (SSSR count). The Hall–Kier alpha value is -0.640. The van der Waals surface area contributed by atoms with Crippen LogP contribution in [-0.4, -0.2) is 24.0 Å². The largest absolute Gasteiger partial charge is 0.329 e. The highest BCUT2D eigenvalue weighted by atomic mass is 35.5. The van der Waals surface area contributed by atoms with Crippen molar-refractivity contribution in [2.45, 2.75) is 44.7 Å². The average Bonchev–Trinajstić information content (AvgIpc) is 3.17. The molecule has 1 aliphatic carbocycles. The molecule has 106 valence electrons. The van der Waals surface area contributed by atoms with Crippen LogP contribution in [0.2, 0.25) is 5.02 Å². The van der Waals surface area contributed by atoms with Gasteiger partial charge in [-0.2, -0.15) is 0 Å². The number of benzene rings is 1. The third-order valence-electron chi connectivity index (χ3n) is 3.68. The fraction of sp³-hybridized carbons (Fsp3) is 0.600. The quantitative estimate of drug-likeness (QED) is 0.826. The summed E-state index contributed by atoms with van der Waals surface area (Å²) >= 11 is 5.96. The summed E-state index contributed by atoms with van der Waals surface area (Å²) in [6.07, 6.45) is 4.76. The van der Waals surface area contributed by atoms with E-state index in [-0.39, 0.29) is 11.9 Å². The summed E-state index contributed by atoms with van der Waals surface area (Å²) in [6.45, 7) is 3.71. The second-order valence-electron chi connectivity index (χ2n) is 5.28. The minimum Gasteiger partial charge on any atom is -0.329 e. The molecular formula is C15H22ClFN2. The normalized spacial score (nSPS) is 16.9. The molecule has 1 atom stereocenters. The van der Waals surface area contributed by atoms with Crippen molar-refractivity contribution < 1.29 is 4.39 Å². The van der Waals surface area contributed by atoms with Crippen LogP contribution in [0.4, 0.5) is 4.39 Å². The van der Waals surface area contributed by atoms with Crippen LogP contribution >= 0.6 is 11.6 Å². The van der Waals surface area contributed by atoms with Gasteiger partial charge >= 0.3 is 0 Å². The molecule has 1 fully saturated rings. The Morgan fingerprint density at radius 1 is 1.42 bits per heavy atom. The number of rotatable bonds is 7. The molecule has 0 radical (unpaired) electrons. The SMILES string of the molecule is CCCCN(C1CC1)C(CN)c1cc(F)cc(Cl)c1. The van der Waals surface area contributed by atoms with Crippen LogP contribution in [0.5, 0.6) is 0 Å². The van der Waals surface area contributed by atoms with E-state index < -0.39 is 0 Å². The minimum absolute atomic E-state index is 0.0762. The molecule has 0 saturated heterocycles. The average molecular weight is 285 g/mol. The fourth-order valence-electron chi connectivity index (χ4n) is 2.57. The highest BCUT2D eigenvalue weighted by Gasteiger charge is 2.33. The van der Waals surface area contributed by atoms with E-state index in [1.807, 2.05) is 6.07 Å². The van der Waals surface area contributed by atoms with Gasteiger partial charge in [-0.3, -0.25) is 4.90 Å². The first-order chi connectivity index (χ1) is 9.15. The van der Waals surface area contributed by atoms with Crippen molar-refractivity contribution in [2.24, 2.45) is 5.73 Å². The van der Waals surface area contributed by atoms with E-state index in [0.29, 0.717) is 17.6 Å². The standard InChI is InChI=1S/C15H22ClFN2/c1-2-3-6-19(14-4-5-14)15(10-18)11-7-12(16)9-13(17)8-11/h7-9,14-15H,2-6,10,18H2,1H3. The van der Waals surface area contributed by atoms with E-state index in [9.17, 15) is 4.39 Å². The maximum Gasteiger partial charge on any atom is 0.125 e. The second kappa shape index (κ2) is 6.69. The van der Waals surface area contributed by atoms with Crippen molar-refractivity contribution in [1.82, 2.24) is 4.90 Å². The highest BCUT2D eigenvalue weighted by Crippen LogP contribution is 2.35. The maximum atomic E-state index is 13.5. The van der Waals surface area contributed by atoms with Crippen LogP contribution in [0.3, 0.4) is 0 Å². The lowest BCUT2D eigenvalue weighted by molar-refractivity contribution is 0.188. The van der Waals surface area contributed by atoms with Crippen molar-refractivity contribution in [1.29, 1.82) is 0 Å². The van der Waals surface area contributed by atoms with Crippen molar-refractivity contribution in [2.75, 3.05) is 13.1 Å². The summed E-state index contributed by atoms with van der Waals surface area (Å²) in [5.41, 5.74) is 6.83. The second-order valence-corrected chi connectivity index (χ2v) is 5.71. The van der Waals surface area contributed by atoms with Crippen molar-refractivity contribution in [3.63, 3.8) is 0 Å². The summed E-state index contributed by atoms with van der Waals surface area (Å²) in [6, 6.07) is 5.43. The zero-order chi connectivity index (χ0) is 13.8. The predicted octanol–water partition coefficient (Wildman–Crippen LogP) is 3.74. The first-order valence-corrected chi connectivity index (χ1v) is 7.45. The number of hydrogen-bond acceptors (Lipinski definition) is 2. The summed E-state index contributed by atoms with van der Waals surface area (Å²) in [5, 5.41) is 0.444. The number of halogens is 2. The zero-order valence-corrected chi connectivity index (χ0v) is 12.2. The maximum absolute atomic E-state index is 13.5. The molecular weight excluding hydrogens is 263 g/mol. The molecule has 1 aromatic rings. The molecule has 2 nitrogen and oxygen atoms in total. The van der Waals surface area contributed by atoms with Gasteiger partial charge in [-0.15, -0.1) is 0 Å². The Morgan fingerprint density at radius 2 is 2.16 bits per heavy atom. The van der Waals surface area contributed by atoms with Crippen LogP contribution in [0, 0.1) is 5.82 Å². The lowest BCUT2D eigenvalue weighted by atomic mass is 10.0. The first kappa shape index (κ1) is 14.8. The summed E-state index contributed by atoms with van der Waals surface area (Å²) in [7, 11) is 0. The number of hydrogen-bond donors (Lipinski definition) is 1. The first-order valence-electron chi connectivity index (χ1n) is 7.07. The lowest BCUT2D eigenvalue weighted by Gasteiger charge is -2.31. The Balaban J connectivity index is 2.20. The minimum atomic E-state index is -0.285. The van der Waals surface area contributed by atoms with Crippen LogP contribution in [0.25, 0.3) is 0 Å². The van der Waals surface area contributed by atoms with E-state index in [2.05, 4.69) is 11.8 Å². The van der Waals surface area contributed by atoms with Gasteiger partial charge in [-0.05, 0) is 49.6 Å². The van der Waals surface area contributed by atoms with Gasteiger partial charge in [0.1, 0.15) is 5.82 Å². The Labute approximate surface area is 119 Å². The molecule has 0 aliphatic heterocycles. The molecule has 1 aromatic carbocycles. The molecule has 0 bridgehead atoms. The van der Waals surface area contributed by atoms with Gasteiger partial charge in [0, 0.05) is 23.7 Å². The van der Waals surface area contributed by atoms with Gasteiger partial charge in [0.25, 0.3) is 0 Å². The molecule has 2 N–H and O–H groups in total. The van der Waals surface area contributed by atoms with Gasteiger partial charge in [0.15, 0.2) is 0 Å². The molecule has 19 heavy (non-hydrogen) atoms. The molecule has 0 aromatic heterocycles. The molecule has 1 aliphatic rings. The third-order valence-corrected chi connectivity index (χ3v) is 3.90. The molecule has 0 amide bonds. The van der Waals surface area contributed by atoms with E-state index in [1.165, 1.54) is 18.9 Å². The Kier molecular flexibility index (Phi) is 5.20. The van der Waals surface area contributed by atoms with E-state index in [1.54, 1.807) is 6.07 Å². The lowest BCUT2D eigenvalue weighted by Crippen LogP contribution is -2.36. The van der Waals surface area contributed by atoms with Crippen LogP contribution in [0.1, 0.15) is 44.2 Å². The number of nitrogens with two attached hydrogens (primary N) is 1. The van der Waals surface area contributed by atoms with E-state index in [0.717, 1.165) is 24.9 Å². The molecule has 1 unspecified atom stereocenters. The van der Waals surface area contributed by atoms with Crippen molar-refractivity contribution >= 4 is 11.6 Å². The van der Waals surface area contributed by atoms with E-state index in [4.69, 9.17) is 17.3 Å². The van der Waals surface area contributed by atoms with Gasteiger partial charge in [0.05, 0.1) is 0 Å². The summed E-state index contributed by atoms with van der Waals surface area (Å²) in [4.78, 5) is 2.43. The predicted molar refractivity (Wildman–Crippen MR) is 77.8 cm³/mol. The molecule has 0 heterocycles. The highest BCUT2D eigenvalue weighted by molar-refractivity contribution is 6.30. The monoisotopic (exact) mass is 284 g/mol. The van der Waals surface area contributed by atoms with Crippen molar-refractivity contribution in [3.05, 3.63) is 34.6 Å². The number of nitrogens with zero attached hydrogens (tertiary/aromatic N) is 1. The van der Waals surface area contributed by atoms with Gasteiger partial charge in [-0.1, -0.05) is 24.9 Å². The van der Waals surface area contributed by atoms with Crippen molar-refractivity contribution in [3.8, 4) is 0 Å². The summed E-state index contributed by atoms with van der Waals surface area (Å²) in [5.74, 6) is -0.285. The van der Waals surface area contributed by atoms with Crippen LogP contribution in [-0.2, 0) is 0 Å². The van der Waals surface area contributed by atoms with Crippen LogP contribution in [0.15, 0.2) is 18.2 Å². The Morgan fingerprint density at radius 3 is 2.68 bits per heavy atom. The molecule has 4 heteroatoms. The van der Waals surface area contributed by atoms with Crippen LogP contribution < -0.4 is 5.73 Å². The summed E-state index contributed by atoms with van der Waals surface area (Å²) < 4.78 is 13.5. The Bertz CT molecular complexity index is 400. The van der Waals surface area contributed by atoms with Gasteiger partial charge in [0.2, 0.25) is 0 Å². The molecule has 1 saturated carbocycles. The van der Waals surface area contributed by atoms with Gasteiger partial charge in [-0.25, -0.2) is 4.39 Å². The number of unbranched alkanes of at least 4 members (excludes halogenated alkanes) is 1. The fourth-order valence-corrected chi connectivity index (χ4v) is 2.80. The topological polar surface area (TPSA) is 29.3 Å². The van der Waals surface area contributed by atoms with Gasteiger partial charge < -0.3 is 5.73 Å². The smallest absolute Gasteiger partial charge is 0.125 e. The zero-order valence-electron chi connectivity index (χ0n) is 11.4. The third kappa shape index (κ3) is 3.91.